The number of hydrogen-bond acceptors (Lipinski definition) is 1. The molecule has 0 bridgehead atoms. The second-order valence-corrected chi connectivity index (χ2v) is 14.9. The van der Waals surface area contributed by atoms with Gasteiger partial charge in [0, 0.05) is 17.8 Å². The highest BCUT2D eigenvalue weighted by atomic mass is 15.1. The zero-order valence-corrected chi connectivity index (χ0v) is 30.9. The molecular weight excluding hydrogens is 675 g/mol. The van der Waals surface area contributed by atoms with Crippen LogP contribution in [0.15, 0.2) is 212 Å². The van der Waals surface area contributed by atoms with Gasteiger partial charge in [-0.05, 0) is 130 Å². The van der Waals surface area contributed by atoms with Crippen molar-refractivity contribution < 1.29 is 0 Å². The van der Waals surface area contributed by atoms with Gasteiger partial charge in [0.25, 0.3) is 0 Å². The molecule has 0 radical (unpaired) electrons. The first-order chi connectivity index (χ1) is 27.7. The lowest BCUT2D eigenvalue weighted by Crippen LogP contribution is -2.12. The molecule has 10 aromatic carbocycles. The first-order valence-corrected chi connectivity index (χ1v) is 19.5. The maximum Gasteiger partial charge on any atom is 0.0503 e. The van der Waals surface area contributed by atoms with Gasteiger partial charge in [-0.25, -0.2) is 0 Å². The van der Waals surface area contributed by atoms with Crippen molar-refractivity contribution in [1.29, 1.82) is 0 Å². The van der Waals surface area contributed by atoms with E-state index in [1.165, 1.54) is 93.6 Å². The molecule has 10 aromatic rings. The summed E-state index contributed by atoms with van der Waals surface area (Å²) < 4.78 is 0. The van der Waals surface area contributed by atoms with Crippen molar-refractivity contribution in [2.75, 3.05) is 4.90 Å². The normalized spacial score (nSPS) is 11.9. The Morgan fingerprint density at radius 3 is 1.77 bits per heavy atom. The molecule has 0 N–H and O–H groups in total. The highest BCUT2D eigenvalue weighted by Gasteiger charge is 2.25. The molecule has 0 amide bonds. The Bertz CT molecular complexity index is 3100. The molecule has 0 saturated carbocycles. The predicted octanol–water partition coefficient (Wildman–Crippen LogP) is 15.2. The zero-order valence-electron chi connectivity index (χ0n) is 30.9. The van der Waals surface area contributed by atoms with Crippen LogP contribution in [0.1, 0.15) is 11.1 Å². The minimum atomic E-state index is 0.917. The van der Waals surface area contributed by atoms with E-state index in [4.69, 9.17) is 0 Å². The van der Waals surface area contributed by atoms with Crippen molar-refractivity contribution in [2.45, 2.75) is 6.42 Å². The molecule has 1 aliphatic carbocycles. The quantitative estimate of drug-likeness (QED) is 0.166. The van der Waals surface area contributed by atoms with Gasteiger partial charge in [0.1, 0.15) is 0 Å². The summed E-state index contributed by atoms with van der Waals surface area (Å²) in [6, 6.07) is 78.0. The van der Waals surface area contributed by atoms with E-state index in [1.807, 2.05) is 0 Å². The van der Waals surface area contributed by atoms with Crippen LogP contribution in [0.5, 0.6) is 0 Å². The van der Waals surface area contributed by atoms with Crippen LogP contribution in [0.3, 0.4) is 0 Å². The lowest BCUT2D eigenvalue weighted by molar-refractivity contribution is 1.20. The first kappa shape index (κ1) is 32.2. The number of hydrogen-bond donors (Lipinski definition) is 0. The minimum absolute atomic E-state index is 0.917. The van der Waals surface area contributed by atoms with Crippen molar-refractivity contribution in [1.82, 2.24) is 0 Å². The summed E-state index contributed by atoms with van der Waals surface area (Å²) in [5.74, 6) is 0. The minimum Gasteiger partial charge on any atom is -0.310 e. The van der Waals surface area contributed by atoms with Crippen molar-refractivity contribution in [3.05, 3.63) is 223 Å². The number of anilines is 3. The van der Waals surface area contributed by atoms with E-state index >= 15 is 0 Å². The van der Waals surface area contributed by atoms with Gasteiger partial charge >= 0.3 is 0 Å². The van der Waals surface area contributed by atoms with E-state index in [9.17, 15) is 0 Å². The first-order valence-electron chi connectivity index (χ1n) is 19.5. The summed E-state index contributed by atoms with van der Waals surface area (Å²) >= 11 is 0. The van der Waals surface area contributed by atoms with Crippen LogP contribution in [0.25, 0.3) is 76.8 Å². The SMILES string of the molecule is c1ccc(-c2ccc3cccc(-c4ccc5cc(N(c6ccc(-c7cccc8ccccc78)cc6)c6cccc7c6Cc6ccccc6-7)ccc5c4)c3c2)cc1. The smallest absolute Gasteiger partial charge is 0.0503 e. The van der Waals surface area contributed by atoms with E-state index in [2.05, 4.69) is 217 Å². The van der Waals surface area contributed by atoms with E-state index in [0.29, 0.717) is 0 Å². The molecule has 0 heterocycles. The van der Waals surface area contributed by atoms with E-state index in [1.54, 1.807) is 0 Å². The fraction of sp³-hybridized carbons (Fsp3) is 0.0182. The maximum absolute atomic E-state index is 2.46. The molecule has 1 nitrogen and oxygen atoms in total. The van der Waals surface area contributed by atoms with Crippen LogP contribution in [0.4, 0.5) is 17.1 Å². The fourth-order valence-corrected chi connectivity index (χ4v) is 8.92. The van der Waals surface area contributed by atoms with Gasteiger partial charge < -0.3 is 4.90 Å². The Kier molecular flexibility index (Phi) is 7.64. The summed E-state index contributed by atoms with van der Waals surface area (Å²) in [5.41, 5.74) is 16.3. The van der Waals surface area contributed by atoms with Gasteiger partial charge in [-0.15, -0.1) is 0 Å². The molecular formula is C55H37N. The van der Waals surface area contributed by atoms with Crippen LogP contribution >= 0.6 is 0 Å². The van der Waals surface area contributed by atoms with E-state index in [-0.39, 0.29) is 0 Å². The number of fused-ring (bicyclic) bond motifs is 6. The van der Waals surface area contributed by atoms with Crippen LogP contribution in [0, 0.1) is 0 Å². The molecule has 0 fully saturated rings. The molecule has 0 atom stereocenters. The van der Waals surface area contributed by atoms with Crippen LogP contribution < -0.4 is 4.90 Å². The monoisotopic (exact) mass is 711 g/mol. The summed E-state index contributed by atoms with van der Waals surface area (Å²) in [5, 5.41) is 7.47. The molecule has 0 unspecified atom stereocenters. The second-order valence-electron chi connectivity index (χ2n) is 14.9. The molecule has 11 rings (SSSR count). The molecule has 1 heteroatoms. The Morgan fingerprint density at radius 2 is 0.893 bits per heavy atom. The molecule has 0 aliphatic heterocycles. The average Bonchev–Trinajstić information content (AvgIpc) is 3.66. The Morgan fingerprint density at radius 1 is 0.304 bits per heavy atom. The van der Waals surface area contributed by atoms with Gasteiger partial charge in [-0.1, -0.05) is 170 Å². The molecule has 262 valence electrons. The third-order valence-corrected chi connectivity index (χ3v) is 11.7. The van der Waals surface area contributed by atoms with Crippen molar-refractivity contribution in [3.8, 4) is 44.5 Å². The lowest BCUT2D eigenvalue weighted by atomic mass is 9.93. The lowest BCUT2D eigenvalue weighted by Gasteiger charge is -2.28. The summed E-state index contributed by atoms with van der Waals surface area (Å²) in [6.45, 7) is 0. The number of benzene rings is 10. The second kappa shape index (κ2) is 13.3. The highest BCUT2D eigenvalue weighted by molar-refractivity contribution is 6.02. The third-order valence-electron chi connectivity index (χ3n) is 11.7. The maximum atomic E-state index is 2.46. The van der Waals surface area contributed by atoms with E-state index < -0.39 is 0 Å². The van der Waals surface area contributed by atoms with Crippen molar-refractivity contribution >= 4 is 49.4 Å². The largest absolute Gasteiger partial charge is 0.310 e. The molecule has 56 heavy (non-hydrogen) atoms. The van der Waals surface area contributed by atoms with Crippen LogP contribution in [-0.4, -0.2) is 0 Å². The van der Waals surface area contributed by atoms with Gasteiger partial charge in [-0.3, -0.25) is 0 Å². The van der Waals surface area contributed by atoms with Gasteiger partial charge in [0.15, 0.2) is 0 Å². The molecule has 0 saturated heterocycles. The van der Waals surface area contributed by atoms with Gasteiger partial charge in [0.2, 0.25) is 0 Å². The number of nitrogens with zero attached hydrogens (tertiary/aromatic N) is 1. The van der Waals surface area contributed by atoms with Crippen LogP contribution in [0.2, 0.25) is 0 Å². The summed E-state index contributed by atoms with van der Waals surface area (Å²) in [6.07, 6.45) is 0.917. The van der Waals surface area contributed by atoms with Gasteiger partial charge in [-0.2, -0.15) is 0 Å². The Hall–Kier alpha value is -7.22. The Labute approximate surface area is 327 Å². The predicted molar refractivity (Wildman–Crippen MR) is 238 cm³/mol. The molecule has 0 spiro atoms. The average molecular weight is 712 g/mol. The topological polar surface area (TPSA) is 3.24 Å². The van der Waals surface area contributed by atoms with Crippen molar-refractivity contribution in [3.63, 3.8) is 0 Å². The fourth-order valence-electron chi connectivity index (χ4n) is 8.92. The van der Waals surface area contributed by atoms with Crippen LogP contribution in [-0.2, 0) is 6.42 Å². The molecule has 1 aliphatic rings. The zero-order chi connectivity index (χ0) is 37.0. The Balaban J connectivity index is 1.02. The van der Waals surface area contributed by atoms with E-state index in [0.717, 1.165) is 17.8 Å². The molecule has 0 aromatic heterocycles. The summed E-state index contributed by atoms with van der Waals surface area (Å²) in [4.78, 5) is 2.46. The standard InChI is InChI=1S/C55H37N/c1-2-11-37(12-3-1)43-24-23-39-16-9-20-51(53(39)35-43)45-26-25-42-34-47(32-29-41(42)33-45)56(55-22-10-21-52-50-18-7-5-14-44(50)36-54(52)55)46-30-27-40(28-31-46)49-19-8-15-38-13-4-6-17-48(38)49/h1-35H,36H2. The summed E-state index contributed by atoms with van der Waals surface area (Å²) in [7, 11) is 0. The number of rotatable bonds is 6. The van der Waals surface area contributed by atoms with Crippen molar-refractivity contribution in [2.24, 2.45) is 0 Å². The third kappa shape index (κ3) is 5.48. The van der Waals surface area contributed by atoms with Gasteiger partial charge in [0.05, 0.1) is 5.69 Å². The highest BCUT2D eigenvalue weighted by Crippen LogP contribution is 2.46.